The van der Waals surface area contributed by atoms with Crippen LogP contribution < -0.4 is 15.8 Å². The Labute approximate surface area is 189 Å². The van der Waals surface area contributed by atoms with E-state index in [1.54, 1.807) is 25.3 Å². The van der Waals surface area contributed by atoms with Crippen molar-refractivity contribution in [2.24, 2.45) is 16.1 Å². The zero-order valence-corrected chi connectivity index (χ0v) is 18.7. The molecule has 2 aliphatic heterocycles. The van der Waals surface area contributed by atoms with E-state index in [0.29, 0.717) is 47.7 Å². The van der Waals surface area contributed by atoms with Gasteiger partial charge in [-0.1, -0.05) is 18.7 Å². The number of amides is 1. The van der Waals surface area contributed by atoms with Crippen LogP contribution in [0.2, 0.25) is 0 Å². The Kier molecular flexibility index (Phi) is 6.36. The van der Waals surface area contributed by atoms with E-state index >= 15 is 0 Å². The number of aromatic nitrogens is 1. The maximum absolute atomic E-state index is 15.0. The molecule has 10 heteroatoms. The van der Waals surface area contributed by atoms with Gasteiger partial charge in [-0.25, -0.2) is 14.4 Å². The molecule has 2 aromatic rings. The van der Waals surface area contributed by atoms with Crippen molar-refractivity contribution < 1.29 is 23.4 Å². The summed E-state index contributed by atoms with van der Waals surface area (Å²) in [5.41, 5.74) is 5.65. The largest absolute Gasteiger partial charge is 0.490 e. The molecular weight excluding hydrogens is 435 g/mol. The monoisotopic (exact) mass is 460 g/mol. The number of ether oxygens (including phenoxy) is 3. The molecular formula is C22H25FN4O4S. The topological polar surface area (TPSA) is 108 Å². The van der Waals surface area contributed by atoms with E-state index < -0.39 is 22.7 Å². The van der Waals surface area contributed by atoms with E-state index in [4.69, 9.17) is 19.9 Å². The fourth-order valence-corrected chi connectivity index (χ4v) is 4.93. The Morgan fingerprint density at radius 2 is 2.16 bits per heavy atom. The molecule has 1 saturated heterocycles. The summed E-state index contributed by atoms with van der Waals surface area (Å²) in [7, 11) is 1.59. The molecule has 32 heavy (non-hydrogen) atoms. The first-order valence-electron chi connectivity index (χ1n) is 10.1. The SMILES string of the molecule is COCCOc1ccc(C(=O)Nc2ccc(F)c(C34COCC3(C)CSC(N)=N4)c2)nc1. The highest BCUT2D eigenvalue weighted by molar-refractivity contribution is 8.13. The van der Waals surface area contributed by atoms with Crippen LogP contribution in [0, 0.1) is 11.2 Å². The molecule has 3 N–H and O–H groups in total. The number of hydrogen-bond acceptors (Lipinski definition) is 8. The van der Waals surface area contributed by atoms with Crippen LogP contribution in [0.3, 0.4) is 0 Å². The molecule has 170 valence electrons. The number of anilines is 1. The lowest BCUT2D eigenvalue weighted by Gasteiger charge is -2.42. The van der Waals surface area contributed by atoms with Gasteiger partial charge < -0.3 is 25.3 Å². The summed E-state index contributed by atoms with van der Waals surface area (Å²) < 4.78 is 31.1. The maximum Gasteiger partial charge on any atom is 0.274 e. The number of pyridine rings is 1. The van der Waals surface area contributed by atoms with Gasteiger partial charge >= 0.3 is 0 Å². The number of amidine groups is 1. The lowest BCUT2D eigenvalue weighted by molar-refractivity contribution is 0.102. The van der Waals surface area contributed by atoms with Crippen molar-refractivity contribution in [1.29, 1.82) is 0 Å². The summed E-state index contributed by atoms with van der Waals surface area (Å²) in [5, 5.41) is 3.18. The molecule has 2 unspecified atom stereocenters. The van der Waals surface area contributed by atoms with Gasteiger partial charge in [0.15, 0.2) is 5.17 Å². The molecule has 0 bridgehead atoms. The zero-order valence-electron chi connectivity index (χ0n) is 17.9. The number of fused-ring (bicyclic) bond motifs is 1. The normalized spacial score (nSPS) is 24.5. The van der Waals surface area contributed by atoms with Crippen molar-refractivity contribution in [3.8, 4) is 5.75 Å². The van der Waals surface area contributed by atoms with Crippen LogP contribution >= 0.6 is 11.8 Å². The molecule has 8 nitrogen and oxygen atoms in total. The third-order valence-electron chi connectivity index (χ3n) is 5.76. The lowest BCUT2D eigenvalue weighted by Crippen LogP contribution is -2.48. The summed E-state index contributed by atoms with van der Waals surface area (Å²) in [5.74, 6) is 0.365. The van der Waals surface area contributed by atoms with Crippen molar-refractivity contribution in [3.63, 3.8) is 0 Å². The highest BCUT2D eigenvalue weighted by Gasteiger charge is 2.57. The molecule has 1 amide bonds. The number of rotatable bonds is 7. The second-order valence-corrected chi connectivity index (χ2v) is 9.02. The molecule has 0 spiro atoms. The Balaban J connectivity index is 1.56. The van der Waals surface area contributed by atoms with Gasteiger partial charge in [0.05, 0.1) is 26.0 Å². The minimum atomic E-state index is -0.938. The molecule has 0 saturated carbocycles. The van der Waals surface area contributed by atoms with Crippen molar-refractivity contribution in [3.05, 3.63) is 53.6 Å². The number of carbonyl (C=O) groups is 1. The molecule has 2 atom stereocenters. The highest BCUT2D eigenvalue weighted by atomic mass is 32.2. The van der Waals surface area contributed by atoms with Gasteiger partial charge in [-0.15, -0.1) is 0 Å². The number of nitrogens with one attached hydrogen (secondary N) is 1. The summed E-state index contributed by atoms with van der Waals surface area (Å²) in [4.78, 5) is 21.5. The van der Waals surface area contributed by atoms with Crippen molar-refractivity contribution in [1.82, 2.24) is 4.98 Å². The average Bonchev–Trinajstić information content (AvgIpc) is 3.13. The van der Waals surface area contributed by atoms with Gasteiger partial charge in [0.1, 0.15) is 29.4 Å². The van der Waals surface area contributed by atoms with E-state index in [9.17, 15) is 9.18 Å². The summed E-state index contributed by atoms with van der Waals surface area (Å²) >= 11 is 1.44. The Bertz CT molecular complexity index is 1040. The van der Waals surface area contributed by atoms with Crippen LogP contribution in [0.15, 0.2) is 41.5 Å². The number of halogens is 1. The fraction of sp³-hybridized carbons (Fsp3) is 0.409. The van der Waals surface area contributed by atoms with Gasteiger partial charge in [0, 0.05) is 29.5 Å². The van der Waals surface area contributed by atoms with Crippen LogP contribution in [0.25, 0.3) is 0 Å². The van der Waals surface area contributed by atoms with Gasteiger partial charge in [-0.05, 0) is 30.3 Å². The predicted octanol–water partition coefficient (Wildman–Crippen LogP) is 2.79. The third-order valence-corrected chi connectivity index (χ3v) is 6.93. The van der Waals surface area contributed by atoms with Gasteiger partial charge in [0.25, 0.3) is 5.91 Å². The number of thioether (sulfide) groups is 1. The number of carbonyl (C=O) groups excluding carboxylic acids is 1. The summed E-state index contributed by atoms with van der Waals surface area (Å²) in [6, 6.07) is 7.66. The molecule has 1 aromatic heterocycles. The first kappa shape index (κ1) is 22.5. The van der Waals surface area contributed by atoms with Crippen LogP contribution in [-0.4, -0.2) is 55.3 Å². The van der Waals surface area contributed by atoms with Crippen LogP contribution in [0.5, 0.6) is 5.75 Å². The number of methoxy groups -OCH3 is 1. The minimum Gasteiger partial charge on any atom is -0.490 e. The average molecular weight is 461 g/mol. The maximum atomic E-state index is 15.0. The quantitative estimate of drug-likeness (QED) is 0.612. The lowest BCUT2D eigenvalue weighted by atomic mass is 9.70. The summed E-state index contributed by atoms with van der Waals surface area (Å²) in [6.07, 6.45) is 1.47. The Hall–Kier alpha value is -2.69. The van der Waals surface area contributed by atoms with E-state index in [0.717, 1.165) is 0 Å². The van der Waals surface area contributed by atoms with Crippen LogP contribution in [-0.2, 0) is 15.0 Å². The van der Waals surface area contributed by atoms with Gasteiger partial charge in [-0.3, -0.25) is 4.79 Å². The van der Waals surface area contributed by atoms with E-state index in [2.05, 4.69) is 15.3 Å². The van der Waals surface area contributed by atoms with Crippen LogP contribution in [0.4, 0.5) is 10.1 Å². The standard InChI is InChI=1S/C22H25FN4O4S/c1-21-11-30-12-22(21,27-20(24)32-13-21)16-9-14(3-5-17(16)23)26-19(28)18-6-4-15(10-25-18)31-8-7-29-2/h3-6,9-10H,7-8,11-13H2,1-2H3,(H2,24,27)(H,26,28). The molecule has 2 aliphatic rings. The predicted molar refractivity (Wildman–Crippen MR) is 121 cm³/mol. The second-order valence-electron chi connectivity index (χ2n) is 8.02. The molecule has 0 radical (unpaired) electrons. The number of aliphatic imine (C=N–C) groups is 1. The first-order valence-corrected chi connectivity index (χ1v) is 11.1. The van der Waals surface area contributed by atoms with Gasteiger partial charge in [0.2, 0.25) is 0 Å². The second kappa shape index (κ2) is 9.05. The molecule has 1 fully saturated rings. The number of benzene rings is 1. The first-order chi connectivity index (χ1) is 15.4. The van der Waals surface area contributed by atoms with E-state index in [1.165, 1.54) is 30.1 Å². The summed E-state index contributed by atoms with van der Waals surface area (Å²) in [6.45, 7) is 3.54. The fourth-order valence-electron chi connectivity index (χ4n) is 3.92. The van der Waals surface area contributed by atoms with E-state index in [1.807, 2.05) is 6.92 Å². The zero-order chi connectivity index (χ0) is 22.8. The van der Waals surface area contributed by atoms with Gasteiger partial charge in [-0.2, -0.15) is 0 Å². The molecule has 3 heterocycles. The molecule has 4 rings (SSSR count). The Morgan fingerprint density at radius 3 is 2.91 bits per heavy atom. The van der Waals surface area contributed by atoms with Crippen LogP contribution in [0.1, 0.15) is 23.0 Å². The molecule has 0 aliphatic carbocycles. The third kappa shape index (κ3) is 4.17. The Morgan fingerprint density at radius 1 is 1.31 bits per heavy atom. The van der Waals surface area contributed by atoms with Crippen molar-refractivity contribution in [2.45, 2.75) is 12.5 Å². The van der Waals surface area contributed by atoms with E-state index in [-0.39, 0.29) is 12.3 Å². The van der Waals surface area contributed by atoms with Crippen molar-refractivity contribution in [2.75, 3.05) is 44.6 Å². The number of hydrogen-bond donors (Lipinski definition) is 2. The number of nitrogens with zero attached hydrogens (tertiary/aromatic N) is 2. The minimum absolute atomic E-state index is 0.207. The van der Waals surface area contributed by atoms with Crippen molar-refractivity contribution >= 4 is 28.5 Å². The molecule has 1 aromatic carbocycles. The number of nitrogens with two attached hydrogens (primary N) is 1. The smallest absolute Gasteiger partial charge is 0.274 e. The highest BCUT2D eigenvalue weighted by Crippen LogP contribution is 2.53.